The maximum Gasteiger partial charge on any atom is 0.150 e. The van der Waals surface area contributed by atoms with Crippen LogP contribution < -0.4 is 0 Å². The predicted molar refractivity (Wildman–Crippen MR) is 74.6 cm³/mol. The molecule has 94 valence electrons. The smallest absolute Gasteiger partial charge is 0.150 e. The van der Waals surface area contributed by atoms with Crippen LogP contribution in [0.4, 0.5) is 0 Å². The Morgan fingerprint density at radius 2 is 2.16 bits per heavy atom. The number of pyridine rings is 1. The molecule has 0 aliphatic rings. The van der Waals surface area contributed by atoms with Crippen LogP contribution in [0.25, 0.3) is 5.52 Å². The zero-order valence-electron chi connectivity index (χ0n) is 10.7. The molecule has 2 heterocycles. The summed E-state index contributed by atoms with van der Waals surface area (Å²) in [4.78, 5) is 15.2. The van der Waals surface area contributed by atoms with Gasteiger partial charge in [-0.3, -0.25) is 4.79 Å². The maximum absolute atomic E-state index is 10.8. The van der Waals surface area contributed by atoms with Gasteiger partial charge in [-0.05, 0) is 24.6 Å². The molecule has 0 radical (unpaired) electrons. The molecule has 0 saturated heterocycles. The average molecular weight is 250 g/mol. The van der Waals surface area contributed by atoms with E-state index >= 15 is 0 Å². The Morgan fingerprint density at radius 3 is 2.95 bits per heavy atom. The molecule has 0 fully saturated rings. The lowest BCUT2D eigenvalue weighted by molar-refractivity contribution is 0.112. The highest BCUT2D eigenvalue weighted by molar-refractivity contribution is 5.77. The molecular weight excluding hydrogens is 236 g/mol. The largest absolute Gasteiger partial charge is 0.303 e. The number of carbonyl (C=O) groups excluding carboxylic acids is 1. The number of rotatable bonds is 3. The van der Waals surface area contributed by atoms with Gasteiger partial charge in [0.25, 0.3) is 0 Å². The van der Waals surface area contributed by atoms with Gasteiger partial charge in [0, 0.05) is 18.2 Å². The van der Waals surface area contributed by atoms with Gasteiger partial charge in [0.1, 0.15) is 12.1 Å². The van der Waals surface area contributed by atoms with E-state index in [4.69, 9.17) is 0 Å². The average Bonchev–Trinajstić information content (AvgIpc) is 2.81. The van der Waals surface area contributed by atoms with Crippen LogP contribution in [0.15, 0.2) is 48.8 Å². The van der Waals surface area contributed by atoms with E-state index in [1.165, 1.54) is 11.1 Å². The fourth-order valence-electron chi connectivity index (χ4n) is 2.28. The molecule has 0 spiro atoms. The minimum atomic E-state index is 0.675. The molecule has 3 rings (SSSR count). The number of hydrogen-bond donors (Lipinski definition) is 0. The van der Waals surface area contributed by atoms with E-state index in [-0.39, 0.29) is 0 Å². The number of imidazole rings is 1. The second-order valence-electron chi connectivity index (χ2n) is 4.71. The van der Waals surface area contributed by atoms with Crippen LogP contribution in [0.2, 0.25) is 0 Å². The molecule has 1 aromatic carbocycles. The summed E-state index contributed by atoms with van der Waals surface area (Å²) in [5.41, 5.74) is 4.12. The van der Waals surface area contributed by atoms with Crippen molar-refractivity contribution < 1.29 is 4.79 Å². The molecule has 2 aromatic heterocycles. The molecule has 19 heavy (non-hydrogen) atoms. The highest BCUT2D eigenvalue weighted by Gasteiger charge is 2.05. The second-order valence-corrected chi connectivity index (χ2v) is 4.71. The van der Waals surface area contributed by atoms with E-state index in [9.17, 15) is 4.79 Å². The Labute approximate surface area is 111 Å². The van der Waals surface area contributed by atoms with Crippen molar-refractivity contribution in [2.24, 2.45) is 0 Å². The van der Waals surface area contributed by atoms with Gasteiger partial charge in [-0.25, -0.2) is 4.98 Å². The standard InChI is InChI=1S/C16H14N2O/c1-12-3-2-4-13(7-12)9-16-17-10-15-8-14(11-19)5-6-18(15)16/h2-8,10-11H,9H2,1H3. The summed E-state index contributed by atoms with van der Waals surface area (Å²) in [5, 5.41) is 0. The summed E-state index contributed by atoms with van der Waals surface area (Å²) >= 11 is 0. The van der Waals surface area contributed by atoms with E-state index in [1.54, 1.807) is 12.3 Å². The normalized spacial score (nSPS) is 10.8. The first-order valence-electron chi connectivity index (χ1n) is 6.23. The number of fused-ring (bicyclic) bond motifs is 1. The molecule has 0 unspecified atom stereocenters. The fraction of sp³-hybridized carbons (Fsp3) is 0.125. The molecule has 0 amide bonds. The lowest BCUT2D eigenvalue weighted by Gasteiger charge is -2.03. The van der Waals surface area contributed by atoms with E-state index in [1.807, 2.05) is 16.7 Å². The molecule has 3 heteroatoms. The third kappa shape index (κ3) is 2.27. The van der Waals surface area contributed by atoms with E-state index in [0.29, 0.717) is 5.56 Å². The molecule has 3 aromatic rings. The summed E-state index contributed by atoms with van der Waals surface area (Å²) in [6, 6.07) is 12.1. The summed E-state index contributed by atoms with van der Waals surface area (Å²) in [7, 11) is 0. The van der Waals surface area contributed by atoms with E-state index < -0.39 is 0 Å². The van der Waals surface area contributed by atoms with Gasteiger partial charge in [0.15, 0.2) is 0 Å². The Kier molecular flexibility index (Phi) is 2.88. The first-order chi connectivity index (χ1) is 9.26. The number of hydrogen-bond acceptors (Lipinski definition) is 2. The third-order valence-corrected chi connectivity index (χ3v) is 3.21. The number of aromatic nitrogens is 2. The van der Waals surface area contributed by atoms with Gasteiger partial charge in [-0.1, -0.05) is 29.8 Å². The zero-order valence-corrected chi connectivity index (χ0v) is 10.7. The number of aryl methyl sites for hydroxylation is 1. The first-order valence-corrected chi connectivity index (χ1v) is 6.23. The molecule has 0 aliphatic heterocycles. The van der Waals surface area contributed by atoms with Crippen LogP contribution in [0.3, 0.4) is 0 Å². The lowest BCUT2D eigenvalue weighted by Crippen LogP contribution is -1.97. The third-order valence-electron chi connectivity index (χ3n) is 3.21. The first kappa shape index (κ1) is 11.7. The van der Waals surface area contributed by atoms with Gasteiger partial charge < -0.3 is 4.40 Å². The molecule has 0 bridgehead atoms. The number of benzene rings is 1. The number of aldehydes is 1. The second kappa shape index (κ2) is 4.69. The van der Waals surface area contributed by atoms with Crippen LogP contribution >= 0.6 is 0 Å². The van der Waals surface area contributed by atoms with Gasteiger partial charge >= 0.3 is 0 Å². The summed E-state index contributed by atoms with van der Waals surface area (Å²) in [6.07, 6.45) is 5.35. The van der Waals surface area contributed by atoms with Crippen molar-refractivity contribution in [3.63, 3.8) is 0 Å². The Morgan fingerprint density at radius 1 is 1.26 bits per heavy atom. The monoisotopic (exact) mass is 250 g/mol. The van der Waals surface area contributed by atoms with Crippen molar-refractivity contribution in [3.8, 4) is 0 Å². The summed E-state index contributed by atoms with van der Waals surface area (Å²) < 4.78 is 2.02. The SMILES string of the molecule is Cc1cccc(Cc2ncc3cc(C=O)ccn23)c1. The van der Waals surface area contributed by atoms with Crippen molar-refractivity contribution in [2.75, 3.05) is 0 Å². The fourth-order valence-corrected chi connectivity index (χ4v) is 2.28. The zero-order chi connectivity index (χ0) is 13.2. The van der Waals surface area contributed by atoms with Crippen molar-refractivity contribution in [1.29, 1.82) is 0 Å². The molecule has 0 N–H and O–H groups in total. The number of carbonyl (C=O) groups is 1. The highest BCUT2D eigenvalue weighted by atomic mass is 16.1. The molecule has 0 saturated carbocycles. The molecule has 0 aliphatic carbocycles. The van der Waals surface area contributed by atoms with Gasteiger partial charge in [0.2, 0.25) is 0 Å². The summed E-state index contributed by atoms with van der Waals surface area (Å²) in [6.45, 7) is 2.09. The topological polar surface area (TPSA) is 34.4 Å². The van der Waals surface area contributed by atoms with Crippen molar-refractivity contribution >= 4 is 11.8 Å². The van der Waals surface area contributed by atoms with E-state index in [0.717, 1.165) is 24.0 Å². The van der Waals surface area contributed by atoms with E-state index in [2.05, 4.69) is 36.2 Å². The minimum absolute atomic E-state index is 0.675. The van der Waals surface area contributed by atoms with Crippen LogP contribution in [-0.2, 0) is 6.42 Å². The van der Waals surface area contributed by atoms with Crippen LogP contribution in [0.1, 0.15) is 27.3 Å². The number of nitrogens with zero attached hydrogens (tertiary/aromatic N) is 2. The van der Waals surface area contributed by atoms with Crippen molar-refractivity contribution in [1.82, 2.24) is 9.38 Å². The Bertz CT molecular complexity index is 743. The molecule has 0 atom stereocenters. The van der Waals surface area contributed by atoms with Crippen LogP contribution in [-0.4, -0.2) is 15.7 Å². The van der Waals surface area contributed by atoms with Gasteiger partial charge in [-0.2, -0.15) is 0 Å². The highest BCUT2D eigenvalue weighted by Crippen LogP contribution is 2.13. The quantitative estimate of drug-likeness (QED) is 0.669. The Hall–Kier alpha value is -2.42. The van der Waals surface area contributed by atoms with Gasteiger partial charge in [-0.15, -0.1) is 0 Å². The maximum atomic E-state index is 10.8. The van der Waals surface area contributed by atoms with Crippen LogP contribution in [0, 0.1) is 6.92 Å². The van der Waals surface area contributed by atoms with Crippen molar-refractivity contribution in [2.45, 2.75) is 13.3 Å². The summed E-state index contributed by atoms with van der Waals surface area (Å²) in [5.74, 6) is 0.984. The molecule has 3 nitrogen and oxygen atoms in total. The Balaban J connectivity index is 1.99. The van der Waals surface area contributed by atoms with Crippen molar-refractivity contribution in [3.05, 3.63) is 71.3 Å². The molecular formula is C16H14N2O. The van der Waals surface area contributed by atoms with Crippen LogP contribution in [0.5, 0.6) is 0 Å². The lowest BCUT2D eigenvalue weighted by atomic mass is 10.1. The van der Waals surface area contributed by atoms with Gasteiger partial charge in [0.05, 0.1) is 11.7 Å². The minimum Gasteiger partial charge on any atom is -0.303 e. The predicted octanol–water partition coefficient (Wildman–Crippen LogP) is 3.05.